The Balaban J connectivity index is 1.81. The van der Waals surface area contributed by atoms with Crippen molar-refractivity contribution >= 4 is 17.5 Å². The maximum Gasteiger partial charge on any atom is 0.242 e. The highest BCUT2D eigenvalue weighted by Crippen LogP contribution is 2.49. The monoisotopic (exact) mass is 286 g/mol. The van der Waals surface area contributed by atoms with Crippen LogP contribution in [-0.2, 0) is 9.59 Å². The molecule has 1 saturated heterocycles. The standard InChI is InChI=1S/C17H22N2O2/c1-2-19(14-8-4-3-5-9-14)16(21)17(10-11-17)15(20)18-12-6-7-13-18/h3-5,8-9H,2,6-7,10-13H2,1H3. The molecule has 0 N–H and O–H groups in total. The molecule has 0 radical (unpaired) electrons. The van der Waals surface area contributed by atoms with Crippen LogP contribution in [0.25, 0.3) is 0 Å². The summed E-state index contributed by atoms with van der Waals surface area (Å²) in [7, 11) is 0. The van der Waals surface area contributed by atoms with Gasteiger partial charge in [-0.25, -0.2) is 0 Å². The lowest BCUT2D eigenvalue weighted by Gasteiger charge is -2.28. The summed E-state index contributed by atoms with van der Waals surface area (Å²) < 4.78 is 0. The molecule has 21 heavy (non-hydrogen) atoms. The average molecular weight is 286 g/mol. The summed E-state index contributed by atoms with van der Waals surface area (Å²) in [6, 6.07) is 9.64. The third kappa shape index (κ3) is 2.43. The van der Waals surface area contributed by atoms with Crippen LogP contribution in [0.5, 0.6) is 0 Å². The fraction of sp³-hybridized carbons (Fsp3) is 0.529. The van der Waals surface area contributed by atoms with E-state index in [1.807, 2.05) is 42.2 Å². The number of likely N-dealkylation sites (tertiary alicyclic amines) is 1. The Labute approximate surface area is 125 Å². The van der Waals surface area contributed by atoms with Crippen LogP contribution in [0.15, 0.2) is 30.3 Å². The number of benzene rings is 1. The van der Waals surface area contributed by atoms with E-state index in [1.54, 1.807) is 4.90 Å². The fourth-order valence-electron chi connectivity index (χ4n) is 3.18. The molecule has 1 aromatic rings. The molecule has 1 aromatic carbocycles. The van der Waals surface area contributed by atoms with E-state index in [4.69, 9.17) is 0 Å². The van der Waals surface area contributed by atoms with E-state index < -0.39 is 5.41 Å². The third-order valence-corrected chi connectivity index (χ3v) is 4.59. The second-order valence-electron chi connectivity index (χ2n) is 5.97. The Kier molecular flexibility index (Phi) is 3.70. The molecular weight excluding hydrogens is 264 g/mol. The molecule has 1 heterocycles. The van der Waals surface area contributed by atoms with E-state index in [2.05, 4.69) is 0 Å². The summed E-state index contributed by atoms with van der Waals surface area (Å²) in [6.07, 6.45) is 3.52. The van der Waals surface area contributed by atoms with Gasteiger partial charge >= 0.3 is 0 Å². The van der Waals surface area contributed by atoms with Gasteiger partial charge in [-0.1, -0.05) is 18.2 Å². The van der Waals surface area contributed by atoms with Crippen LogP contribution in [0, 0.1) is 5.41 Å². The van der Waals surface area contributed by atoms with Crippen molar-refractivity contribution in [3.8, 4) is 0 Å². The summed E-state index contributed by atoms with van der Waals surface area (Å²) in [5.41, 5.74) is 0.112. The first-order valence-electron chi connectivity index (χ1n) is 7.85. The Morgan fingerprint density at radius 2 is 1.76 bits per heavy atom. The first-order chi connectivity index (χ1) is 10.2. The molecule has 4 nitrogen and oxygen atoms in total. The van der Waals surface area contributed by atoms with Crippen LogP contribution in [0.4, 0.5) is 5.69 Å². The van der Waals surface area contributed by atoms with Crippen LogP contribution in [-0.4, -0.2) is 36.3 Å². The van der Waals surface area contributed by atoms with E-state index in [-0.39, 0.29) is 11.8 Å². The lowest BCUT2D eigenvalue weighted by atomic mass is 10.0. The van der Waals surface area contributed by atoms with Crippen molar-refractivity contribution in [3.63, 3.8) is 0 Å². The number of carbonyl (C=O) groups is 2. The van der Waals surface area contributed by atoms with Crippen molar-refractivity contribution in [1.29, 1.82) is 0 Å². The largest absolute Gasteiger partial charge is 0.342 e. The van der Waals surface area contributed by atoms with Gasteiger partial charge in [-0.15, -0.1) is 0 Å². The zero-order valence-corrected chi connectivity index (χ0v) is 12.5. The molecule has 0 unspecified atom stereocenters. The Morgan fingerprint density at radius 3 is 2.29 bits per heavy atom. The van der Waals surface area contributed by atoms with Gasteiger partial charge in [-0.2, -0.15) is 0 Å². The Morgan fingerprint density at radius 1 is 1.14 bits per heavy atom. The predicted octanol–water partition coefficient (Wildman–Crippen LogP) is 2.44. The quantitative estimate of drug-likeness (QED) is 0.798. The van der Waals surface area contributed by atoms with Gasteiger partial charge < -0.3 is 9.80 Å². The lowest BCUT2D eigenvalue weighted by Crippen LogP contribution is -2.46. The highest BCUT2D eigenvalue weighted by Gasteiger charge is 2.59. The van der Waals surface area contributed by atoms with Crippen LogP contribution in [0.3, 0.4) is 0 Å². The van der Waals surface area contributed by atoms with Crippen LogP contribution in [0.1, 0.15) is 32.6 Å². The minimum absolute atomic E-state index is 0.0203. The van der Waals surface area contributed by atoms with Crippen molar-refractivity contribution in [2.45, 2.75) is 32.6 Å². The predicted molar refractivity (Wildman–Crippen MR) is 82.0 cm³/mol. The molecule has 1 aliphatic carbocycles. The molecular formula is C17H22N2O2. The highest BCUT2D eigenvalue weighted by molar-refractivity contribution is 6.14. The minimum Gasteiger partial charge on any atom is -0.342 e. The topological polar surface area (TPSA) is 40.6 Å². The van der Waals surface area contributed by atoms with Gasteiger partial charge in [0.15, 0.2) is 0 Å². The molecule has 0 aromatic heterocycles. The molecule has 0 spiro atoms. The smallest absolute Gasteiger partial charge is 0.242 e. The molecule has 112 valence electrons. The highest BCUT2D eigenvalue weighted by atomic mass is 16.2. The minimum atomic E-state index is -0.768. The van der Waals surface area contributed by atoms with Gasteiger partial charge in [0.2, 0.25) is 11.8 Å². The number of para-hydroxylation sites is 1. The lowest BCUT2D eigenvalue weighted by molar-refractivity contribution is -0.142. The number of carbonyl (C=O) groups excluding carboxylic acids is 2. The van der Waals surface area contributed by atoms with Gasteiger partial charge in [0.1, 0.15) is 5.41 Å². The molecule has 0 bridgehead atoms. The second kappa shape index (κ2) is 5.51. The van der Waals surface area contributed by atoms with Gasteiger partial charge in [0.25, 0.3) is 0 Å². The molecule has 1 saturated carbocycles. The van der Waals surface area contributed by atoms with Crippen molar-refractivity contribution in [1.82, 2.24) is 4.90 Å². The summed E-state index contributed by atoms with van der Waals surface area (Å²) in [5, 5.41) is 0. The van der Waals surface area contributed by atoms with Gasteiger partial charge in [-0.05, 0) is 44.7 Å². The van der Waals surface area contributed by atoms with Gasteiger partial charge in [0, 0.05) is 25.3 Å². The molecule has 2 aliphatic rings. The normalized spacial score (nSPS) is 19.4. The maximum absolute atomic E-state index is 12.9. The first-order valence-corrected chi connectivity index (χ1v) is 7.85. The number of rotatable bonds is 4. The van der Waals surface area contributed by atoms with E-state index in [1.165, 1.54) is 0 Å². The van der Waals surface area contributed by atoms with Gasteiger partial charge in [-0.3, -0.25) is 9.59 Å². The first kappa shape index (κ1) is 14.1. The molecule has 0 atom stereocenters. The zero-order valence-electron chi connectivity index (χ0n) is 12.5. The number of hydrogen-bond donors (Lipinski definition) is 0. The third-order valence-electron chi connectivity index (χ3n) is 4.59. The number of amides is 2. The number of hydrogen-bond acceptors (Lipinski definition) is 2. The molecule has 4 heteroatoms. The number of nitrogens with zero attached hydrogens (tertiary/aromatic N) is 2. The second-order valence-corrected chi connectivity index (χ2v) is 5.97. The Hall–Kier alpha value is -1.84. The van der Waals surface area contributed by atoms with Crippen molar-refractivity contribution in [2.75, 3.05) is 24.5 Å². The molecule has 2 amide bonds. The summed E-state index contributed by atoms with van der Waals surface area (Å²) in [6.45, 7) is 4.18. The van der Waals surface area contributed by atoms with Crippen molar-refractivity contribution in [2.24, 2.45) is 5.41 Å². The van der Waals surface area contributed by atoms with Gasteiger partial charge in [0.05, 0.1) is 0 Å². The summed E-state index contributed by atoms with van der Waals surface area (Å²) in [5.74, 6) is 0.0347. The summed E-state index contributed by atoms with van der Waals surface area (Å²) in [4.78, 5) is 29.3. The van der Waals surface area contributed by atoms with Crippen LogP contribution < -0.4 is 4.90 Å². The maximum atomic E-state index is 12.9. The summed E-state index contributed by atoms with van der Waals surface area (Å²) >= 11 is 0. The van der Waals surface area contributed by atoms with E-state index in [0.29, 0.717) is 19.4 Å². The van der Waals surface area contributed by atoms with Crippen molar-refractivity contribution in [3.05, 3.63) is 30.3 Å². The Bertz CT molecular complexity index is 531. The SMILES string of the molecule is CCN(C(=O)C1(C(=O)N2CCCC2)CC1)c1ccccc1. The van der Waals surface area contributed by atoms with Crippen LogP contribution in [0.2, 0.25) is 0 Å². The van der Waals surface area contributed by atoms with E-state index in [0.717, 1.165) is 31.6 Å². The zero-order chi connectivity index (χ0) is 14.9. The van der Waals surface area contributed by atoms with Crippen LogP contribution >= 0.6 is 0 Å². The van der Waals surface area contributed by atoms with E-state index >= 15 is 0 Å². The molecule has 1 aliphatic heterocycles. The average Bonchev–Trinajstić information content (AvgIpc) is 3.15. The molecule has 3 rings (SSSR count). The number of anilines is 1. The molecule has 2 fully saturated rings. The van der Waals surface area contributed by atoms with E-state index in [9.17, 15) is 9.59 Å². The van der Waals surface area contributed by atoms with Crippen molar-refractivity contribution < 1.29 is 9.59 Å². The fourth-order valence-corrected chi connectivity index (χ4v) is 3.18.